The second-order valence-corrected chi connectivity index (χ2v) is 3.94. The minimum Gasteiger partial charge on any atom is -0.400 e. The number of allylic oxidation sites excluding steroid dienone is 3. The lowest BCUT2D eigenvalue weighted by Crippen LogP contribution is -2.26. The third-order valence-electron chi connectivity index (χ3n) is 2.86. The standard InChI is InChI=1S/C11H16FNO/c12-9-7-8(4-5-10(9)13)11-3-1-2-6-14-11/h4-5,9,11H,1-3,6-7,13H2. The number of ether oxygens (including phenoxy) is 1. The summed E-state index contributed by atoms with van der Waals surface area (Å²) in [5.41, 5.74) is 6.87. The molecule has 2 nitrogen and oxygen atoms in total. The van der Waals surface area contributed by atoms with Crippen molar-refractivity contribution in [3.05, 3.63) is 23.4 Å². The van der Waals surface area contributed by atoms with Gasteiger partial charge in [0, 0.05) is 18.7 Å². The first-order chi connectivity index (χ1) is 6.77. The molecule has 0 aromatic carbocycles. The first-order valence-electron chi connectivity index (χ1n) is 5.19. The van der Waals surface area contributed by atoms with Gasteiger partial charge in [-0.1, -0.05) is 6.08 Å². The van der Waals surface area contributed by atoms with Gasteiger partial charge in [-0.25, -0.2) is 4.39 Å². The second kappa shape index (κ2) is 4.13. The summed E-state index contributed by atoms with van der Waals surface area (Å²) in [5, 5.41) is 0. The molecule has 2 rings (SSSR count). The smallest absolute Gasteiger partial charge is 0.143 e. The van der Waals surface area contributed by atoms with Gasteiger partial charge in [0.25, 0.3) is 0 Å². The minimum absolute atomic E-state index is 0.131. The number of hydrogen-bond acceptors (Lipinski definition) is 2. The average molecular weight is 197 g/mol. The highest BCUT2D eigenvalue weighted by molar-refractivity contribution is 5.28. The molecule has 1 fully saturated rings. The van der Waals surface area contributed by atoms with Crippen LogP contribution in [0, 0.1) is 0 Å². The molecule has 0 aromatic rings. The van der Waals surface area contributed by atoms with Gasteiger partial charge in [0.05, 0.1) is 6.10 Å². The molecular formula is C11H16FNO. The lowest BCUT2D eigenvalue weighted by Gasteiger charge is -2.27. The molecule has 0 saturated carbocycles. The molecule has 2 aliphatic rings. The average Bonchev–Trinajstić information content (AvgIpc) is 2.23. The van der Waals surface area contributed by atoms with Crippen LogP contribution in [0.1, 0.15) is 25.7 Å². The van der Waals surface area contributed by atoms with E-state index in [2.05, 4.69) is 0 Å². The van der Waals surface area contributed by atoms with E-state index in [-0.39, 0.29) is 6.10 Å². The Labute approximate surface area is 83.6 Å². The van der Waals surface area contributed by atoms with E-state index in [1.165, 1.54) is 6.42 Å². The van der Waals surface area contributed by atoms with Crippen LogP contribution in [0.25, 0.3) is 0 Å². The molecule has 1 saturated heterocycles. The maximum absolute atomic E-state index is 13.3. The molecule has 3 heteroatoms. The molecule has 1 aliphatic carbocycles. The summed E-state index contributed by atoms with van der Waals surface area (Å²) >= 11 is 0. The fourth-order valence-electron chi connectivity index (χ4n) is 1.97. The summed E-state index contributed by atoms with van der Waals surface area (Å²) in [7, 11) is 0. The Kier molecular flexibility index (Phi) is 2.87. The van der Waals surface area contributed by atoms with Gasteiger partial charge < -0.3 is 10.5 Å². The Morgan fingerprint density at radius 1 is 1.36 bits per heavy atom. The summed E-state index contributed by atoms with van der Waals surface area (Å²) in [6.07, 6.45) is 6.44. The zero-order valence-corrected chi connectivity index (χ0v) is 8.21. The highest BCUT2D eigenvalue weighted by Gasteiger charge is 2.24. The Morgan fingerprint density at radius 2 is 2.21 bits per heavy atom. The van der Waals surface area contributed by atoms with E-state index in [4.69, 9.17) is 10.5 Å². The van der Waals surface area contributed by atoms with Crippen LogP contribution >= 0.6 is 0 Å². The quantitative estimate of drug-likeness (QED) is 0.698. The predicted octanol–water partition coefficient (Wildman–Crippen LogP) is 2.07. The van der Waals surface area contributed by atoms with Crippen molar-refractivity contribution in [3.8, 4) is 0 Å². The summed E-state index contributed by atoms with van der Waals surface area (Å²) in [6, 6.07) is 0. The van der Waals surface area contributed by atoms with Gasteiger partial charge in [-0.05, 0) is 30.9 Å². The maximum Gasteiger partial charge on any atom is 0.143 e. The number of halogens is 1. The van der Waals surface area contributed by atoms with Crippen LogP contribution in [0.3, 0.4) is 0 Å². The van der Waals surface area contributed by atoms with E-state index in [1.54, 1.807) is 6.08 Å². The lowest BCUT2D eigenvalue weighted by atomic mass is 9.93. The summed E-state index contributed by atoms with van der Waals surface area (Å²) in [5.74, 6) is 0. The molecule has 2 unspecified atom stereocenters. The molecule has 1 heterocycles. The molecule has 0 bridgehead atoms. The Balaban J connectivity index is 2.04. The van der Waals surface area contributed by atoms with Crippen molar-refractivity contribution in [3.63, 3.8) is 0 Å². The topological polar surface area (TPSA) is 35.2 Å². The third-order valence-corrected chi connectivity index (χ3v) is 2.86. The van der Waals surface area contributed by atoms with Gasteiger partial charge in [-0.3, -0.25) is 0 Å². The monoisotopic (exact) mass is 197 g/mol. The van der Waals surface area contributed by atoms with Crippen molar-refractivity contribution in [2.45, 2.75) is 38.0 Å². The molecule has 2 N–H and O–H groups in total. The van der Waals surface area contributed by atoms with E-state index < -0.39 is 6.17 Å². The van der Waals surface area contributed by atoms with Gasteiger partial charge >= 0.3 is 0 Å². The van der Waals surface area contributed by atoms with E-state index >= 15 is 0 Å². The SMILES string of the molecule is NC1=CC=C(C2CCCCO2)CC1F. The van der Waals surface area contributed by atoms with Crippen LogP contribution in [-0.4, -0.2) is 18.9 Å². The largest absolute Gasteiger partial charge is 0.400 e. The summed E-state index contributed by atoms with van der Waals surface area (Å²) in [6.45, 7) is 0.804. The van der Waals surface area contributed by atoms with Crippen molar-refractivity contribution < 1.29 is 9.13 Å². The van der Waals surface area contributed by atoms with Gasteiger partial charge in [-0.2, -0.15) is 0 Å². The molecule has 0 amide bonds. The van der Waals surface area contributed by atoms with Gasteiger partial charge in [0.1, 0.15) is 6.17 Å². The van der Waals surface area contributed by atoms with Gasteiger partial charge in [0.2, 0.25) is 0 Å². The van der Waals surface area contributed by atoms with Crippen molar-refractivity contribution >= 4 is 0 Å². The molecule has 2 atom stereocenters. The van der Waals surface area contributed by atoms with E-state index in [0.717, 1.165) is 25.0 Å². The van der Waals surface area contributed by atoms with E-state index in [0.29, 0.717) is 12.1 Å². The summed E-state index contributed by atoms with van der Waals surface area (Å²) in [4.78, 5) is 0. The Morgan fingerprint density at radius 3 is 2.86 bits per heavy atom. The van der Waals surface area contributed by atoms with Crippen LogP contribution in [0.5, 0.6) is 0 Å². The van der Waals surface area contributed by atoms with Gasteiger partial charge in [0.15, 0.2) is 0 Å². The molecule has 0 aromatic heterocycles. The molecule has 0 radical (unpaired) electrons. The first-order valence-corrected chi connectivity index (χ1v) is 5.19. The maximum atomic E-state index is 13.3. The highest BCUT2D eigenvalue weighted by atomic mass is 19.1. The zero-order chi connectivity index (χ0) is 9.97. The highest BCUT2D eigenvalue weighted by Crippen LogP contribution is 2.27. The van der Waals surface area contributed by atoms with Crippen molar-refractivity contribution in [1.29, 1.82) is 0 Å². The van der Waals surface area contributed by atoms with E-state index in [9.17, 15) is 4.39 Å². The van der Waals surface area contributed by atoms with Crippen LogP contribution < -0.4 is 5.73 Å². The zero-order valence-electron chi connectivity index (χ0n) is 8.21. The molecule has 1 aliphatic heterocycles. The van der Waals surface area contributed by atoms with Crippen molar-refractivity contribution in [2.24, 2.45) is 5.73 Å². The number of nitrogens with two attached hydrogens (primary N) is 1. The minimum atomic E-state index is -1.01. The number of alkyl halides is 1. The van der Waals surface area contributed by atoms with Gasteiger partial charge in [-0.15, -0.1) is 0 Å². The fourth-order valence-corrected chi connectivity index (χ4v) is 1.97. The molecule has 78 valence electrons. The first kappa shape index (κ1) is 9.71. The third kappa shape index (κ3) is 1.98. The Hall–Kier alpha value is -0.830. The van der Waals surface area contributed by atoms with Crippen LogP contribution in [0.4, 0.5) is 4.39 Å². The summed E-state index contributed by atoms with van der Waals surface area (Å²) < 4.78 is 18.9. The number of rotatable bonds is 1. The van der Waals surface area contributed by atoms with E-state index in [1.807, 2.05) is 6.08 Å². The van der Waals surface area contributed by atoms with Crippen LogP contribution in [-0.2, 0) is 4.74 Å². The van der Waals surface area contributed by atoms with Crippen LogP contribution in [0.15, 0.2) is 23.4 Å². The molecule has 14 heavy (non-hydrogen) atoms. The number of hydrogen-bond donors (Lipinski definition) is 1. The van der Waals surface area contributed by atoms with Crippen molar-refractivity contribution in [2.75, 3.05) is 6.61 Å². The normalized spacial score (nSPS) is 33.5. The molecular weight excluding hydrogens is 181 g/mol. The Bertz CT molecular complexity index is 266. The second-order valence-electron chi connectivity index (χ2n) is 3.94. The fraction of sp³-hybridized carbons (Fsp3) is 0.636. The van der Waals surface area contributed by atoms with Crippen molar-refractivity contribution in [1.82, 2.24) is 0 Å². The molecule has 0 spiro atoms. The van der Waals surface area contributed by atoms with Crippen LogP contribution in [0.2, 0.25) is 0 Å². The predicted molar refractivity (Wildman–Crippen MR) is 53.5 cm³/mol. The lowest BCUT2D eigenvalue weighted by molar-refractivity contribution is 0.0356.